The maximum absolute atomic E-state index is 13.2. The molecule has 2 aromatic carbocycles. The summed E-state index contributed by atoms with van der Waals surface area (Å²) in [5.74, 6) is 1.38. The number of oxazole rings is 1. The van der Waals surface area contributed by atoms with Crippen molar-refractivity contribution in [3.63, 3.8) is 0 Å². The molecule has 8 nitrogen and oxygen atoms in total. The number of carbonyl (C=O) groups is 2. The molecule has 0 radical (unpaired) electrons. The molecular weight excluding hydrogens is 480 g/mol. The number of piperazine rings is 1. The SMILES string of the molecule is CC(C)CC(=O)N1CCc2ccc(OCc3nc(C(=O)N4CCN(C)CC4)co3)cc2[C@@H]1c1ccccc1. The van der Waals surface area contributed by atoms with E-state index in [1.807, 2.05) is 40.1 Å². The van der Waals surface area contributed by atoms with Gasteiger partial charge in [-0.1, -0.05) is 50.2 Å². The summed E-state index contributed by atoms with van der Waals surface area (Å²) in [5, 5.41) is 0. The number of carbonyl (C=O) groups excluding carboxylic acids is 2. The Morgan fingerprint density at radius 2 is 1.82 bits per heavy atom. The molecule has 8 heteroatoms. The van der Waals surface area contributed by atoms with E-state index in [-0.39, 0.29) is 24.5 Å². The molecule has 1 saturated heterocycles. The van der Waals surface area contributed by atoms with Gasteiger partial charge < -0.3 is 23.9 Å². The summed E-state index contributed by atoms with van der Waals surface area (Å²) in [6, 6.07) is 16.1. The molecule has 2 amide bonds. The van der Waals surface area contributed by atoms with E-state index in [9.17, 15) is 9.59 Å². The third-order valence-corrected chi connectivity index (χ3v) is 7.29. The number of hydrogen-bond acceptors (Lipinski definition) is 6. The van der Waals surface area contributed by atoms with Crippen molar-refractivity contribution < 1.29 is 18.7 Å². The molecule has 200 valence electrons. The topological polar surface area (TPSA) is 79.1 Å². The summed E-state index contributed by atoms with van der Waals surface area (Å²) in [6.07, 6.45) is 2.74. The molecular formula is C30H36N4O4. The van der Waals surface area contributed by atoms with Crippen LogP contribution in [0.15, 0.2) is 59.2 Å². The van der Waals surface area contributed by atoms with Crippen molar-refractivity contribution in [1.82, 2.24) is 19.7 Å². The van der Waals surface area contributed by atoms with Gasteiger partial charge in [0.1, 0.15) is 12.0 Å². The fraction of sp³-hybridized carbons (Fsp3) is 0.433. The highest BCUT2D eigenvalue weighted by Crippen LogP contribution is 2.38. The zero-order valence-electron chi connectivity index (χ0n) is 22.4. The Balaban J connectivity index is 1.32. The van der Waals surface area contributed by atoms with Crippen molar-refractivity contribution in [2.75, 3.05) is 39.8 Å². The monoisotopic (exact) mass is 516 g/mol. The predicted octanol–water partition coefficient (Wildman–Crippen LogP) is 4.16. The molecule has 0 spiro atoms. The number of nitrogens with zero attached hydrogens (tertiary/aromatic N) is 4. The van der Waals surface area contributed by atoms with Crippen molar-refractivity contribution in [1.29, 1.82) is 0 Å². The van der Waals surface area contributed by atoms with Crippen molar-refractivity contribution in [2.45, 2.75) is 39.3 Å². The number of aromatic nitrogens is 1. The second kappa shape index (κ2) is 11.4. The van der Waals surface area contributed by atoms with E-state index < -0.39 is 0 Å². The van der Waals surface area contributed by atoms with Crippen LogP contribution in [0.1, 0.15) is 59.4 Å². The summed E-state index contributed by atoms with van der Waals surface area (Å²) in [6.45, 7) is 8.02. The first-order valence-electron chi connectivity index (χ1n) is 13.4. The summed E-state index contributed by atoms with van der Waals surface area (Å²) < 4.78 is 11.6. The van der Waals surface area contributed by atoms with E-state index in [1.165, 1.54) is 11.8 Å². The lowest BCUT2D eigenvalue weighted by Crippen LogP contribution is -2.47. The smallest absolute Gasteiger partial charge is 0.275 e. The Hall–Kier alpha value is -3.65. The predicted molar refractivity (Wildman–Crippen MR) is 144 cm³/mol. The first-order valence-corrected chi connectivity index (χ1v) is 13.4. The minimum absolute atomic E-state index is 0.112. The summed E-state index contributed by atoms with van der Waals surface area (Å²) in [5.41, 5.74) is 3.69. The lowest BCUT2D eigenvalue weighted by atomic mass is 9.87. The summed E-state index contributed by atoms with van der Waals surface area (Å²) >= 11 is 0. The van der Waals surface area contributed by atoms with Gasteiger partial charge in [-0.05, 0) is 48.2 Å². The van der Waals surface area contributed by atoms with Crippen LogP contribution in [-0.2, 0) is 17.8 Å². The first-order chi connectivity index (χ1) is 18.4. The third-order valence-electron chi connectivity index (χ3n) is 7.29. The van der Waals surface area contributed by atoms with Crippen LogP contribution in [0.3, 0.4) is 0 Å². The van der Waals surface area contributed by atoms with Crippen LogP contribution in [0.25, 0.3) is 0 Å². The fourth-order valence-electron chi connectivity index (χ4n) is 5.20. The number of likely N-dealkylation sites (N-methyl/N-ethyl adjacent to an activating group) is 1. The zero-order valence-corrected chi connectivity index (χ0v) is 22.4. The van der Waals surface area contributed by atoms with Gasteiger partial charge in [-0.2, -0.15) is 0 Å². The van der Waals surface area contributed by atoms with Gasteiger partial charge in [0, 0.05) is 39.1 Å². The summed E-state index contributed by atoms with van der Waals surface area (Å²) in [7, 11) is 2.05. The van der Waals surface area contributed by atoms with Crippen LogP contribution in [0.5, 0.6) is 5.75 Å². The van der Waals surface area contributed by atoms with E-state index in [0.717, 1.165) is 30.6 Å². The molecule has 3 heterocycles. The molecule has 1 aromatic heterocycles. The third kappa shape index (κ3) is 5.75. The Morgan fingerprint density at radius 1 is 1.05 bits per heavy atom. The van der Waals surface area contributed by atoms with E-state index in [2.05, 4.69) is 49.0 Å². The Bertz CT molecular complexity index is 1260. The van der Waals surface area contributed by atoms with E-state index >= 15 is 0 Å². The normalized spacial score (nSPS) is 17.9. The lowest BCUT2D eigenvalue weighted by molar-refractivity contribution is -0.134. The zero-order chi connectivity index (χ0) is 26.6. The van der Waals surface area contributed by atoms with Gasteiger partial charge in [0.2, 0.25) is 11.8 Å². The van der Waals surface area contributed by atoms with Gasteiger partial charge in [-0.25, -0.2) is 4.98 Å². The molecule has 1 fully saturated rings. The van der Waals surface area contributed by atoms with Crippen LogP contribution < -0.4 is 4.74 Å². The number of amides is 2. The van der Waals surface area contributed by atoms with Gasteiger partial charge in [0.25, 0.3) is 5.91 Å². The molecule has 0 aliphatic carbocycles. The molecule has 3 aromatic rings. The second-order valence-electron chi connectivity index (χ2n) is 10.6. The molecule has 0 unspecified atom stereocenters. The van der Waals surface area contributed by atoms with Gasteiger partial charge in [0.05, 0.1) is 6.04 Å². The maximum Gasteiger partial charge on any atom is 0.275 e. The number of hydrogen-bond donors (Lipinski definition) is 0. The Morgan fingerprint density at radius 3 is 2.55 bits per heavy atom. The fourth-order valence-corrected chi connectivity index (χ4v) is 5.20. The average Bonchev–Trinajstić information content (AvgIpc) is 3.40. The minimum atomic E-state index is -0.163. The Labute approximate surface area is 224 Å². The minimum Gasteiger partial charge on any atom is -0.484 e. The number of rotatable bonds is 7. The van der Waals surface area contributed by atoms with Crippen LogP contribution in [0, 0.1) is 5.92 Å². The Kier molecular flexibility index (Phi) is 7.79. The quantitative estimate of drug-likeness (QED) is 0.469. The molecule has 0 N–H and O–H groups in total. The molecule has 1 atom stereocenters. The van der Waals surface area contributed by atoms with Crippen LogP contribution in [0.4, 0.5) is 0 Å². The van der Waals surface area contributed by atoms with E-state index in [4.69, 9.17) is 9.15 Å². The van der Waals surface area contributed by atoms with Gasteiger partial charge >= 0.3 is 0 Å². The number of fused-ring (bicyclic) bond motifs is 1. The molecule has 2 aliphatic rings. The van der Waals surface area contributed by atoms with Crippen molar-refractivity contribution in [2.24, 2.45) is 5.92 Å². The molecule has 0 bridgehead atoms. The maximum atomic E-state index is 13.2. The first kappa shape index (κ1) is 26.0. The number of ether oxygens (including phenoxy) is 1. The van der Waals surface area contributed by atoms with Gasteiger partial charge in [-0.3, -0.25) is 9.59 Å². The van der Waals surface area contributed by atoms with Crippen molar-refractivity contribution in [3.8, 4) is 5.75 Å². The lowest BCUT2D eigenvalue weighted by Gasteiger charge is -2.38. The number of benzene rings is 2. The summed E-state index contributed by atoms with van der Waals surface area (Å²) in [4.78, 5) is 36.4. The highest BCUT2D eigenvalue weighted by atomic mass is 16.5. The van der Waals surface area contributed by atoms with E-state index in [1.54, 1.807) is 0 Å². The van der Waals surface area contributed by atoms with Crippen LogP contribution in [-0.4, -0.2) is 71.3 Å². The van der Waals surface area contributed by atoms with Crippen LogP contribution >= 0.6 is 0 Å². The molecule has 5 rings (SSSR count). The van der Waals surface area contributed by atoms with Crippen LogP contribution in [0.2, 0.25) is 0 Å². The largest absolute Gasteiger partial charge is 0.484 e. The van der Waals surface area contributed by atoms with Gasteiger partial charge in [-0.15, -0.1) is 0 Å². The average molecular weight is 517 g/mol. The highest BCUT2D eigenvalue weighted by Gasteiger charge is 2.32. The standard InChI is InChI=1S/C30H36N4O4/c1-21(2)17-28(35)34-12-11-22-9-10-24(18-25(22)29(34)23-7-5-4-6-8-23)37-20-27-31-26(19-38-27)30(36)33-15-13-32(3)14-16-33/h4-10,18-19,21,29H,11-17,20H2,1-3H3/t29-/m0/s1. The van der Waals surface area contributed by atoms with Gasteiger partial charge in [0.15, 0.2) is 12.3 Å². The van der Waals surface area contributed by atoms with Crippen molar-refractivity contribution >= 4 is 11.8 Å². The molecule has 2 aliphatic heterocycles. The molecule has 0 saturated carbocycles. The van der Waals surface area contributed by atoms with Crippen molar-refractivity contribution in [3.05, 3.63) is 83.1 Å². The molecule has 38 heavy (non-hydrogen) atoms. The second-order valence-corrected chi connectivity index (χ2v) is 10.6. The van der Waals surface area contributed by atoms with E-state index in [0.29, 0.717) is 49.3 Å². The highest BCUT2D eigenvalue weighted by molar-refractivity contribution is 5.92.